The first-order valence-electron chi connectivity index (χ1n) is 10.5. The fraction of sp³-hybridized carbons (Fsp3) is 0.240. The molecule has 31 heavy (non-hydrogen) atoms. The van der Waals surface area contributed by atoms with E-state index in [0.717, 1.165) is 23.1 Å². The number of fused-ring (bicyclic) bond motifs is 1. The SMILES string of the molecule is C=C(NCc1cccc2cnccc12)c1ccc(CC)c(CCC2NC(=O)NC2=O)c1. The van der Waals surface area contributed by atoms with Crippen LogP contribution in [-0.2, 0) is 24.2 Å². The van der Waals surface area contributed by atoms with Gasteiger partial charge in [-0.3, -0.25) is 15.1 Å². The summed E-state index contributed by atoms with van der Waals surface area (Å²) in [5.41, 5.74) is 5.47. The highest BCUT2D eigenvalue weighted by atomic mass is 16.2. The number of hydrogen-bond acceptors (Lipinski definition) is 4. The fourth-order valence-corrected chi connectivity index (χ4v) is 4.00. The summed E-state index contributed by atoms with van der Waals surface area (Å²) < 4.78 is 0. The van der Waals surface area contributed by atoms with Crippen molar-refractivity contribution in [2.75, 3.05) is 0 Å². The van der Waals surface area contributed by atoms with Crippen LogP contribution in [0.5, 0.6) is 0 Å². The van der Waals surface area contributed by atoms with Crippen molar-refractivity contribution >= 4 is 28.4 Å². The second kappa shape index (κ2) is 9.00. The summed E-state index contributed by atoms with van der Waals surface area (Å²) in [6.45, 7) is 7.01. The molecule has 3 aromatic rings. The van der Waals surface area contributed by atoms with E-state index in [1.165, 1.54) is 22.1 Å². The minimum Gasteiger partial charge on any atom is -0.381 e. The van der Waals surface area contributed by atoms with E-state index in [0.29, 0.717) is 19.4 Å². The lowest BCUT2D eigenvalue weighted by Crippen LogP contribution is -2.29. The quantitative estimate of drug-likeness (QED) is 0.491. The maximum Gasteiger partial charge on any atom is 0.322 e. The summed E-state index contributed by atoms with van der Waals surface area (Å²) in [4.78, 5) is 27.4. The van der Waals surface area contributed by atoms with E-state index in [2.05, 4.69) is 64.8 Å². The number of benzene rings is 2. The molecule has 1 aliphatic rings. The summed E-state index contributed by atoms with van der Waals surface area (Å²) in [6.07, 6.45) is 5.86. The molecule has 0 bridgehead atoms. The van der Waals surface area contributed by atoms with Gasteiger partial charge in [0.25, 0.3) is 5.91 Å². The first-order valence-corrected chi connectivity index (χ1v) is 10.5. The number of aryl methyl sites for hydroxylation is 2. The minimum atomic E-state index is -0.469. The molecule has 0 saturated carbocycles. The van der Waals surface area contributed by atoms with Crippen molar-refractivity contribution in [3.05, 3.63) is 83.7 Å². The third kappa shape index (κ3) is 4.58. The average molecular weight is 415 g/mol. The van der Waals surface area contributed by atoms with Gasteiger partial charge in [0, 0.05) is 30.0 Å². The number of pyridine rings is 1. The fourth-order valence-electron chi connectivity index (χ4n) is 4.00. The Labute approximate surface area is 181 Å². The van der Waals surface area contributed by atoms with Crippen LogP contribution >= 0.6 is 0 Å². The molecule has 1 saturated heterocycles. The Balaban J connectivity index is 1.46. The summed E-state index contributed by atoms with van der Waals surface area (Å²) in [6, 6.07) is 13.7. The van der Waals surface area contributed by atoms with Crippen molar-refractivity contribution in [2.24, 2.45) is 0 Å². The van der Waals surface area contributed by atoms with E-state index in [-0.39, 0.29) is 5.91 Å². The number of carbonyl (C=O) groups is 2. The molecule has 158 valence electrons. The molecule has 1 atom stereocenters. The highest BCUT2D eigenvalue weighted by Gasteiger charge is 2.28. The van der Waals surface area contributed by atoms with Crippen molar-refractivity contribution in [2.45, 2.75) is 38.8 Å². The molecular weight excluding hydrogens is 388 g/mol. The van der Waals surface area contributed by atoms with Gasteiger partial charge in [0.2, 0.25) is 0 Å². The van der Waals surface area contributed by atoms with Crippen molar-refractivity contribution in [3.8, 4) is 0 Å². The van der Waals surface area contributed by atoms with Crippen LogP contribution in [0.25, 0.3) is 16.5 Å². The number of nitrogens with zero attached hydrogens (tertiary/aromatic N) is 1. The minimum absolute atomic E-state index is 0.254. The molecule has 6 heteroatoms. The first-order chi connectivity index (χ1) is 15.0. The third-order valence-corrected chi connectivity index (χ3v) is 5.76. The number of hydrogen-bond donors (Lipinski definition) is 3. The first kappa shape index (κ1) is 20.6. The Kier molecular flexibility index (Phi) is 5.98. The molecular formula is C25H26N4O2. The predicted octanol–water partition coefficient (Wildman–Crippen LogP) is 3.70. The summed E-state index contributed by atoms with van der Waals surface area (Å²) in [5, 5.41) is 10.7. The van der Waals surface area contributed by atoms with Gasteiger partial charge in [0.1, 0.15) is 6.04 Å². The molecule has 2 aromatic carbocycles. The third-order valence-electron chi connectivity index (χ3n) is 5.76. The molecule has 3 N–H and O–H groups in total. The molecule has 1 aliphatic heterocycles. The number of imide groups is 1. The van der Waals surface area contributed by atoms with Crippen molar-refractivity contribution in [1.29, 1.82) is 0 Å². The van der Waals surface area contributed by atoms with Gasteiger partial charge in [-0.1, -0.05) is 43.8 Å². The van der Waals surface area contributed by atoms with Crippen LogP contribution in [-0.4, -0.2) is 23.0 Å². The Morgan fingerprint density at radius 2 is 2.00 bits per heavy atom. The van der Waals surface area contributed by atoms with Crippen LogP contribution in [0.4, 0.5) is 4.79 Å². The normalized spacial score (nSPS) is 15.6. The van der Waals surface area contributed by atoms with Crippen LogP contribution < -0.4 is 16.0 Å². The second-order valence-electron chi connectivity index (χ2n) is 7.74. The van der Waals surface area contributed by atoms with Crippen LogP contribution in [0.15, 0.2) is 61.4 Å². The number of aromatic nitrogens is 1. The summed E-state index contributed by atoms with van der Waals surface area (Å²) >= 11 is 0. The van der Waals surface area contributed by atoms with Gasteiger partial charge in [0.15, 0.2) is 0 Å². The molecule has 3 amide bonds. The van der Waals surface area contributed by atoms with Gasteiger partial charge < -0.3 is 10.6 Å². The zero-order valence-electron chi connectivity index (χ0n) is 17.6. The van der Waals surface area contributed by atoms with E-state index < -0.39 is 12.1 Å². The Hall–Kier alpha value is -3.67. The van der Waals surface area contributed by atoms with Crippen molar-refractivity contribution < 1.29 is 9.59 Å². The van der Waals surface area contributed by atoms with Gasteiger partial charge in [-0.2, -0.15) is 0 Å². The lowest BCUT2D eigenvalue weighted by Gasteiger charge is -2.15. The highest BCUT2D eigenvalue weighted by Crippen LogP contribution is 2.22. The van der Waals surface area contributed by atoms with Crippen molar-refractivity contribution in [1.82, 2.24) is 20.9 Å². The molecule has 2 heterocycles. The van der Waals surface area contributed by atoms with Crippen LogP contribution in [0.3, 0.4) is 0 Å². The van der Waals surface area contributed by atoms with Gasteiger partial charge >= 0.3 is 6.03 Å². The van der Waals surface area contributed by atoms with Crippen LogP contribution in [0.2, 0.25) is 0 Å². The Morgan fingerprint density at radius 1 is 1.13 bits per heavy atom. The molecule has 0 spiro atoms. The number of carbonyl (C=O) groups excluding carboxylic acids is 2. The second-order valence-corrected chi connectivity index (χ2v) is 7.74. The molecule has 1 unspecified atom stereocenters. The van der Waals surface area contributed by atoms with Gasteiger partial charge in [-0.25, -0.2) is 4.79 Å². The van der Waals surface area contributed by atoms with E-state index >= 15 is 0 Å². The van der Waals surface area contributed by atoms with Gasteiger partial charge in [-0.05, 0) is 59.0 Å². The Morgan fingerprint density at radius 3 is 2.77 bits per heavy atom. The number of nitrogens with one attached hydrogen (secondary N) is 3. The molecule has 4 rings (SSSR count). The number of rotatable bonds is 8. The number of urea groups is 1. The molecule has 0 radical (unpaired) electrons. The highest BCUT2D eigenvalue weighted by molar-refractivity contribution is 6.04. The topological polar surface area (TPSA) is 83.1 Å². The lowest BCUT2D eigenvalue weighted by atomic mass is 9.95. The van der Waals surface area contributed by atoms with Crippen molar-refractivity contribution in [3.63, 3.8) is 0 Å². The van der Waals surface area contributed by atoms with E-state index in [9.17, 15) is 9.59 Å². The molecule has 0 aliphatic carbocycles. The maximum absolute atomic E-state index is 11.8. The van der Waals surface area contributed by atoms with Gasteiger partial charge in [-0.15, -0.1) is 0 Å². The standard InChI is InChI=1S/C25H26N4O2/c1-3-17-7-8-18(13-19(17)9-10-23-24(30)29-25(31)28-23)16(2)27-15-21-6-4-5-20-14-26-12-11-22(20)21/h4-8,11-14,23,27H,2-3,9-10,15H2,1H3,(H2,28,29,30,31). The van der Waals surface area contributed by atoms with E-state index in [1.807, 2.05) is 24.5 Å². The van der Waals surface area contributed by atoms with E-state index in [1.54, 1.807) is 0 Å². The predicted molar refractivity (Wildman–Crippen MR) is 122 cm³/mol. The zero-order valence-corrected chi connectivity index (χ0v) is 17.6. The number of amides is 3. The van der Waals surface area contributed by atoms with Crippen LogP contribution in [0, 0.1) is 0 Å². The Bertz CT molecular complexity index is 1150. The van der Waals surface area contributed by atoms with Gasteiger partial charge in [0.05, 0.1) is 0 Å². The molecule has 1 aromatic heterocycles. The molecule has 6 nitrogen and oxygen atoms in total. The lowest BCUT2D eigenvalue weighted by molar-refractivity contribution is -0.120. The zero-order chi connectivity index (χ0) is 21.8. The maximum atomic E-state index is 11.8. The van der Waals surface area contributed by atoms with E-state index in [4.69, 9.17) is 0 Å². The monoisotopic (exact) mass is 414 g/mol. The largest absolute Gasteiger partial charge is 0.381 e. The molecule has 1 fully saturated rings. The van der Waals surface area contributed by atoms with Crippen LogP contribution in [0.1, 0.15) is 35.6 Å². The average Bonchev–Trinajstić information content (AvgIpc) is 3.12. The smallest absolute Gasteiger partial charge is 0.322 e. The summed E-state index contributed by atoms with van der Waals surface area (Å²) in [5.74, 6) is -0.254. The summed E-state index contributed by atoms with van der Waals surface area (Å²) in [7, 11) is 0.